The fourth-order valence-electron chi connectivity index (χ4n) is 3.99. The predicted octanol–water partition coefficient (Wildman–Crippen LogP) is 5.62. The molecule has 1 aromatic heterocycles. The van der Waals surface area contributed by atoms with Crippen LogP contribution in [0.4, 0.5) is 22.0 Å². The molecular formula is C26H14F5NO5S. The van der Waals surface area contributed by atoms with Gasteiger partial charge in [-0.15, -0.1) is 0 Å². The Labute approximate surface area is 211 Å². The van der Waals surface area contributed by atoms with E-state index in [9.17, 15) is 35.2 Å². The lowest BCUT2D eigenvalue weighted by molar-refractivity contribution is 0.346. The van der Waals surface area contributed by atoms with Crippen LogP contribution in [-0.2, 0) is 10.1 Å². The topological polar surface area (TPSA) is 74.6 Å². The second-order valence-electron chi connectivity index (χ2n) is 8.04. The molecular weight excluding hydrogens is 533 g/mol. The summed E-state index contributed by atoms with van der Waals surface area (Å²) in [7, 11) is -3.65. The van der Waals surface area contributed by atoms with E-state index in [-0.39, 0.29) is 10.9 Å². The van der Waals surface area contributed by atoms with Crippen LogP contribution in [0.1, 0.15) is 0 Å². The number of rotatable bonds is 5. The largest absolute Gasteiger partial charge is 0.495 e. The molecule has 0 spiro atoms. The Hall–Kier alpha value is -4.45. The zero-order chi connectivity index (χ0) is 27.4. The van der Waals surface area contributed by atoms with Crippen molar-refractivity contribution in [3.63, 3.8) is 0 Å². The molecule has 0 aliphatic carbocycles. The molecule has 0 aliphatic heterocycles. The predicted molar refractivity (Wildman–Crippen MR) is 128 cm³/mol. The van der Waals surface area contributed by atoms with Crippen molar-refractivity contribution in [1.29, 1.82) is 0 Å². The first-order chi connectivity index (χ1) is 18.0. The van der Waals surface area contributed by atoms with Gasteiger partial charge in [0.05, 0.1) is 18.3 Å². The lowest BCUT2D eigenvalue weighted by Crippen LogP contribution is -2.19. The highest BCUT2D eigenvalue weighted by Gasteiger charge is 2.31. The maximum Gasteiger partial charge on any atom is 0.339 e. The average molecular weight is 547 g/mol. The third kappa shape index (κ3) is 4.02. The number of nitrogens with zero attached hydrogens (tertiary/aromatic N) is 1. The third-order valence-corrected chi connectivity index (χ3v) is 7.02. The van der Waals surface area contributed by atoms with Crippen LogP contribution in [0.2, 0.25) is 0 Å². The summed E-state index contributed by atoms with van der Waals surface area (Å²) in [5, 5.41) is 1.82. The Kier molecular flexibility index (Phi) is 6.06. The molecule has 0 N–H and O–H groups in total. The van der Waals surface area contributed by atoms with Gasteiger partial charge in [0.25, 0.3) is 5.56 Å². The first-order valence-electron chi connectivity index (χ1n) is 10.7. The van der Waals surface area contributed by atoms with Gasteiger partial charge in [0, 0.05) is 11.5 Å². The SMILES string of the molecule is COc1cc2ccccc2cc1-n1c(=O)ccc2cc(S(=O)(=O)Oc3c(F)c(F)c(F)c(F)c3F)ccc21. The number of methoxy groups -OCH3 is 1. The maximum atomic E-state index is 14.0. The molecule has 194 valence electrons. The smallest absolute Gasteiger partial charge is 0.339 e. The van der Waals surface area contributed by atoms with Crippen LogP contribution in [0.5, 0.6) is 11.5 Å². The molecule has 0 bridgehead atoms. The van der Waals surface area contributed by atoms with Gasteiger partial charge in [-0.2, -0.15) is 17.2 Å². The van der Waals surface area contributed by atoms with E-state index in [1.54, 1.807) is 12.1 Å². The normalized spacial score (nSPS) is 11.7. The number of pyridine rings is 1. The number of halogens is 5. The molecule has 4 aromatic carbocycles. The zero-order valence-electron chi connectivity index (χ0n) is 19.1. The van der Waals surface area contributed by atoms with Crippen molar-refractivity contribution in [1.82, 2.24) is 4.57 Å². The number of aromatic nitrogens is 1. The Bertz CT molecular complexity index is 1910. The Morgan fingerprint density at radius 3 is 1.95 bits per heavy atom. The first kappa shape index (κ1) is 25.2. The van der Waals surface area contributed by atoms with Crippen LogP contribution in [0.15, 0.2) is 76.4 Å². The third-order valence-electron chi connectivity index (χ3n) is 5.81. The molecule has 0 saturated heterocycles. The minimum atomic E-state index is -5.07. The van der Waals surface area contributed by atoms with Crippen LogP contribution in [-0.4, -0.2) is 20.1 Å². The standard InChI is InChI=1S/C26H14F5NO5S/c1-36-19-12-14-5-3-2-4-13(14)11-18(19)32-17-8-7-16(10-15(17)6-9-20(32)33)38(34,35)37-26-24(30)22(28)21(27)23(29)25(26)31/h2-12H,1H3. The van der Waals surface area contributed by atoms with E-state index in [1.807, 2.05) is 24.3 Å². The van der Waals surface area contributed by atoms with E-state index in [0.29, 0.717) is 11.4 Å². The van der Waals surface area contributed by atoms with Crippen LogP contribution in [0, 0.1) is 29.1 Å². The summed E-state index contributed by atoms with van der Waals surface area (Å²) < 4.78 is 105. The second-order valence-corrected chi connectivity index (χ2v) is 9.58. The van der Waals surface area contributed by atoms with E-state index in [1.165, 1.54) is 23.8 Å². The number of ether oxygens (including phenoxy) is 1. The molecule has 0 saturated carbocycles. The van der Waals surface area contributed by atoms with Crippen LogP contribution in [0.3, 0.4) is 0 Å². The summed E-state index contributed by atoms with van der Waals surface area (Å²) >= 11 is 0. The summed E-state index contributed by atoms with van der Waals surface area (Å²) in [5.41, 5.74) is 0.121. The van der Waals surface area contributed by atoms with E-state index in [4.69, 9.17) is 4.74 Å². The molecule has 6 nitrogen and oxygen atoms in total. The molecule has 12 heteroatoms. The molecule has 0 atom stereocenters. The van der Waals surface area contributed by atoms with Gasteiger partial charge in [-0.1, -0.05) is 24.3 Å². The Balaban J connectivity index is 1.65. The van der Waals surface area contributed by atoms with Gasteiger partial charge in [-0.25, -0.2) is 13.2 Å². The van der Waals surface area contributed by atoms with Crippen molar-refractivity contribution >= 4 is 31.8 Å². The molecule has 0 amide bonds. The quantitative estimate of drug-likeness (QED) is 0.124. The van der Waals surface area contributed by atoms with Gasteiger partial charge < -0.3 is 8.92 Å². The summed E-state index contributed by atoms with van der Waals surface area (Å²) in [4.78, 5) is 12.2. The van der Waals surface area contributed by atoms with E-state index >= 15 is 0 Å². The highest BCUT2D eigenvalue weighted by molar-refractivity contribution is 7.87. The van der Waals surface area contributed by atoms with E-state index in [0.717, 1.165) is 29.0 Å². The molecule has 0 fully saturated rings. The fraction of sp³-hybridized carbons (Fsp3) is 0.0385. The Morgan fingerprint density at radius 1 is 0.711 bits per heavy atom. The molecule has 5 aromatic rings. The van der Waals surface area contributed by atoms with E-state index in [2.05, 4.69) is 4.18 Å². The Morgan fingerprint density at radius 2 is 1.32 bits per heavy atom. The number of fused-ring (bicyclic) bond motifs is 2. The lowest BCUT2D eigenvalue weighted by atomic mass is 10.1. The van der Waals surface area contributed by atoms with Crippen molar-refractivity contribution in [3.05, 3.63) is 106 Å². The molecule has 1 heterocycles. The fourth-order valence-corrected chi connectivity index (χ4v) is 4.96. The second kappa shape index (κ2) is 9.14. The highest BCUT2D eigenvalue weighted by Crippen LogP contribution is 2.33. The average Bonchev–Trinajstić information content (AvgIpc) is 2.92. The lowest BCUT2D eigenvalue weighted by Gasteiger charge is -2.16. The molecule has 38 heavy (non-hydrogen) atoms. The number of hydrogen-bond acceptors (Lipinski definition) is 5. The molecule has 0 unspecified atom stereocenters. The van der Waals surface area contributed by atoms with Crippen LogP contribution < -0.4 is 14.5 Å². The zero-order valence-corrected chi connectivity index (χ0v) is 20.0. The highest BCUT2D eigenvalue weighted by atomic mass is 32.2. The van der Waals surface area contributed by atoms with E-state index < -0.39 is 55.4 Å². The van der Waals surface area contributed by atoms with Crippen molar-refractivity contribution in [2.75, 3.05) is 7.11 Å². The molecule has 0 radical (unpaired) electrons. The summed E-state index contributed by atoms with van der Waals surface area (Å²) in [6, 6.07) is 16.5. The van der Waals surface area contributed by atoms with Gasteiger partial charge in [-0.05, 0) is 47.2 Å². The minimum Gasteiger partial charge on any atom is -0.495 e. The summed E-state index contributed by atoms with van der Waals surface area (Å²) in [6.07, 6.45) is 0. The minimum absolute atomic E-state index is 0.182. The molecule has 5 rings (SSSR count). The molecule has 0 aliphatic rings. The number of benzene rings is 4. The maximum absolute atomic E-state index is 14.0. The van der Waals surface area contributed by atoms with Gasteiger partial charge in [0.2, 0.25) is 34.8 Å². The van der Waals surface area contributed by atoms with Crippen molar-refractivity contribution in [2.45, 2.75) is 4.90 Å². The monoisotopic (exact) mass is 547 g/mol. The van der Waals surface area contributed by atoms with Crippen molar-refractivity contribution in [2.24, 2.45) is 0 Å². The van der Waals surface area contributed by atoms with Gasteiger partial charge >= 0.3 is 10.1 Å². The van der Waals surface area contributed by atoms with Crippen molar-refractivity contribution in [3.8, 4) is 17.2 Å². The van der Waals surface area contributed by atoms with Crippen LogP contribution in [0.25, 0.3) is 27.4 Å². The summed E-state index contributed by atoms with van der Waals surface area (Å²) in [5.74, 6) is -13.7. The van der Waals surface area contributed by atoms with Crippen LogP contribution >= 0.6 is 0 Å². The summed E-state index contributed by atoms with van der Waals surface area (Å²) in [6.45, 7) is 0. The number of hydrogen-bond donors (Lipinski definition) is 0. The van der Waals surface area contributed by atoms with Crippen molar-refractivity contribution < 1.29 is 39.3 Å². The van der Waals surface area contributed by atoms with Gasteiger partial charge in [0.1, 0.15) is 10.6 Å². The van der Waals surface area contributed by atoms with Gasteiger partial charge in [0.15, 0.2) is 0 Å². The van der Waals surface area contributed by atoms with Gasteiger partial charge in [-0.3, -0.25) is 9.36 Å². The first-order valence-corrected chi connectivity index (χ1v) is 12.1.